The van der Waals surface area contributed by atoms with Crippen LogP contribution in [0.15, 0.2) is 54.6 Å². The van der Waals surface area contributed by atoms with E-state index in [-0.39, 0.29) is 49.7 Å². The molecule has 10 nitrogen and oxygen atoms in total. The highest BCUT2D eigenvalue weighted by Gasteiger charge is 2.41. The van der Waals surface area contributed by atoms with Crippen molar-refractivity contribution in [1.29, 1.82) is 0 Å². The minimum atomic E-state index is -1.21. The Morgan fingerprint density at radius 2 is 1.71 bits per heavy atom. The first-order valence-electron chi connectivity index (χ1n) is 17.5. The van der Waals surface area contributed by atoms with Gasteiger partial charge in [-0.3, -0.25) is 14.4 Å². The van der Waals surface area contributed by atoms with E-state index >= 15 is 0 Å². The van der Waals surface area contributed by atoms with Crippen molar-refractivity contribution in [3.05, 3.63) is 76.3 Å². The summed E-state index contributed by atoms with van der Waals surface area (Å²) in [7, 11) is 1.51. The van der Waals surface area contributed by atoms with E-state index in [2.05, 4.69) is 10.6 Å². The van der Waals surface area contributed by atoms with Gasteiger partial charge in [-0.15, -0.1) is 11.6 Å². The van der Waals surface area contributed by atoms with E-state index in [0.29, 0.717) is 28.8 Å². The summed E-state index contributed by atoms with van der Waals surface area (Å²) < 4.78 is 23.5. The fraction of sp³-hybridized carbons (Fsp3) is 0.538. The first kappa shape index (κ1) is 40.2. The number of rotatable bonds is 9. The quantitative estimate of drug-likeness (QED) is 0.220. The number of alkyl halides is 1. The number of methoxy groups -OCH3 is 1. The number of cyclic esters (lactones) is 2. The summed E-state index contributed by atoms with van der Waals surface area (Å²) in [6, 6.07) is 12.1. The van der Waals surface area contributed by atoms with Gasteiger partial charge in [0.05, 0.1) is 23.7 Å². The molecule has 0 bridgehead atoms. The van der Waals surface area contributed by atoms with Crippen molar-refractivity contribution in [1.82, 2.24) is 10.6 Å². The van der Waals surface area contributed by atoms with Crippen LogP contribution in [0.1, 0.15) is 76.7 Å². The molecule has 2 aliphatic rings. The molecule has 0 spiro atoms. The normalized spacial score (nSPS) is 26.1. The maximum absolute atomic E-state index is 13.8. The number of carbonyl (C=O) groups excluding carboxylic acids is 4. The second-order valence-corrected chi connectivity index (χ2v) is 15.1. The molecule has 0 aromatic heterocycles. The van der Waals surface area contributed by atoms with Crippen LogP contribution in [0.2, 0.25) is 5.02 Å². The van der Waals surface area contributed by atoms with Gasteiger partial charge < -0.3 is 29.6 Å². The van der Waals surface area contributed by atoms with Crippen LogP contribution >= 0.6 is 23.2 Å². The molecule has 1 fully saturated rings. The van der Waals surface area contributed by atoms with Gasteiger partial charge in [-0.25, -0.2) is 4.79 Å². The fourth-order valence-corrected chi connectivity index (χ4v) is 6.84. The van der Waals surface area contributed by atoms with Crippen LogP contribution in [0, 0.1) is 23.2 Å². The average molecular weight is 746 g/mol. The van der Waals surface area contributed by atoms with E-state index in [4.69, 9.17) is 42.1 Å². The molecule has 12 heteroatoms. The lowest BCUT2D eigenvalue weighted by Gasteiger charge is -2.33. The molecule has 278 valence electrons. The van der Waals surface area contributed by atoms with Crippen LogP contribution in [-0.2, 0) is 45.7 Å². The van der Waals surface area contributed by atoms with Crippen LogP contribution < -0.4 is 15.4 Å². The third-order valence-electron chi connectivity index (χ3n) is 9.51. The molecule has 2 amide bonds. The highest BCUT2D eigenvalue weighted by molar-refractivity contribution is 6.32. The predicted octanol–water partition coefficient (Wildman–Crippen LogP) is 6.50. The molecule has 0 saturated carbocycles. The predicted molar refractivity (Wildman–Crippen MR) is 195 cm³/mol. The fourth-order valence-electron chi connectivity index (χ4n) is 6.38. The maximum atomic E-state index is 13.8. The summed E-state index contributed by atoms with van der Waals surface area (Å²) in [6.45, 7) is 9.56. The minimum absolute atomic E-state index is 0.00750. The molecule has 2 aliphatic heterocycles. The molecule has 6 atom stereocenters. The maximum Gasteiger partial charge on any atom is 0.347 e. The zero-order chi connectivity index (χ0) is 37.3. The monoisotopic (exact) mass is 744 g/mol. The first-order chi connectivity index (χ1) is 24.2. The lowest BCUT2D eigenvalue weighted by Crippen LogP contribution is -2.51. The molecule has 0 unspecified atom stereocenters. The summed E-state index contributed by atoms with van der Waals surface area (Å²) in [6.07, 6.45) is 2.25. The van der Waals surface area contributed by atoms with Gasteiger partial charge in [0, 0.05) is 31.9 Å². The molecule has 2 aromatic carbocycles. The number of esters is 2. The highest BCUT2D eigenvalue weighted by atomic mass is 35.5. The second-order valence-electron chi connectivity index (χ2n) is 14.5. The number of hydrogen-bond donors (Lipinski definition) is 2. The summed E-state index contributed by atoms with van der Waals surface area (Å²) >= 11 is 12.4. The molecular formula is C39H50Cl2N2O8. The highest BCUT2D eigenvalue weighted by Crippen LogP contribution is 2.42. The summed E-state index contributed by atoms with van der Waals surface area (Å²) in [5.74, 6) is -1.62. The molecule has 2 aromatic rings. The number of nitrogens with one attached hydrogen (secondary N) is 2. The third-order valence-corrected chi connectivity index (χ3v) is 10.1. The Bertz CT molecular complexity index is 1560. The van der Waals surface area contributed by atoms with Crippen molar-refractivity contribution >= 4 is 47.0 Å². The standard InChI is InChI=1S/C39H50Cl2N2O8/c1-23(2)18-33-37(46)50-31(24(3)28-16-17-49-35(28)27-13-10-25(21-40)11-14-27)8-7-9-34(44)43-30(20-26-12-15-32(48-6)29(41)19-26)36(45)42-22-39(4,5)38(47)51-33/h7,9-15,19,23-24,28,30-31,33,35H,8,16-18,20-22H2,1-6H3,(H,42,45)(H,43,44)/b9-7+/t24-,28-,30-,31+,33+,35-/m1/s1. The summed E-state index contributed by atoms with van der Waals surface area (Å²) in [5, 5.41) is 5.95. The SMILES string of the molecule is COc1ccc(C[C@H]2NC(=O)/C=C/C[C@@H]([C@H](C)[C@H]3CCO[C@@H]3c3ccc(CCl)cc3)OC(=O)[C@H](CC(C)C)OC(=O)C(C)(C)CNC2=O)cc1Cl. The van der Waals surface area contributed by atoms with Gasteiger partial charge >= 0.3 is 11.9 Å². The van der Waals surface area contributed by atoms with Gasteiger partial charge in [-0.2, -0.15) is 0 Å². The average Bonchev–Trinajstić information content (AvgIpc) is 3.59. The van der Waals surface area contributed by atoms with Gasteiger partial charge in [0.15, 0.2) is 6.10 Å². The van der Waals surface area contributed by atoms with E-state index in [9.17, 15) is 19.2 Å². The molecule has 0 aliphatic carbocycles. The molecule has 4 rings (SSSR count). The number of amides is 2. The van der Waals surface area contributed by atoms with Gasteiger partial charge in [0.2, 0.25) is 11.8 Å². The van der Waals surface area contributed by atoms with Crippen molar-refractivity contribution in [3.8, 4) is 5.75 Å². The van der Waals surface area contributed by atoms with Gasteiger partial charge in [-0.05, 0) is 79.3 Å². The summed E-state index contributed by atoms with van der Waals surface area (Å²) in [4.78, 5) is 54.2. The molecule has 0 radical (unpaired) electrons. The van der Waals surface area contributed by atoms with Crippen LogP contribution in [0.25, 0.3) is 0 Å². The first-order valence-corrected chi connectivity index (χ1v) is 18.4. The van der Waals surface area contributed by atoms with Crippen molar-refractivity contribution in [3.63, 3.8) is 0 Å². The van der Waals surface area contributed by atoms with E-state index in [0.717, 1.165) is 17.5 Å². The Kier molecular flexibility index (Phi) is 14.4. The Morgan fingerprint density at radius 1 is 1.00 bits per heavy atom. The Morgan fingerprint density at radius 3 is 2.35 bits per heavy atom. The molecule has 2 heterocycles. The molecular weight excluding hydrogens is 695 g/mol. The molecule has 2 N–H and O–H groups in total. The largest absolute Gasteiger partial charge is 0.495 e. The minimum Gasteiger partial charge on any atom is -0.495 e. The lowest BCUT2D eigenvalue weighted by molar-refractivity contribution is -0.179. The van der Waals surface area contributed by atoms with E-state index in [1.165, 1.54) is 13.2 Å². The molecule has 1 saturated heterocycles. The van der Waals surface area contributed by atoms with Crippen LogP contribution in [0.5, 0.6) is 5.75 Å². The van der Waals surface area contributed by atoms with E-state index in [1.54, 1.807) is 38.1 Å². The van der Waals surface area contributed by atoms with Crippen molar-refractivity contribution in [2.75, 3.05) is 20.3 Å². The number of hydrogen-bond acceptors (Lipinski definition) is 8. The Hall–Kier alpha value is -3.60. The van der Waals surface area contributed by atoms with E-state index < -0.39 is 47.4 Å². The number of benzene rings is 2. The summed E-state index contributed by atoms with van der Waals surface area (Å²) in [5.41, 5.74) is 1.49. The zero-order valence-electron chi connectivity index (χ0n) is 30.2. The second kappa shape index (κ2) is 18.2. The zero-order valence-corrected chi connectivity index (χ0v) is 31.7. The Labute approximate surface area is 310 Å². The van der Waals surface area contributed by atoms with Gasteiger partial charge in [-0.1, -0.05) is 68.8 Å². The number of halogens is 2. The number of carbonyl (C=O) groups is 4. The van der Waals surface area contributed by atoms with Gasteiger partial charge in [0.1, 0.15) is 17.9 Å². The van der Waals surface area contributed by atoms with Crippen molar-refractivity contribution in [2.24, 2.45) is 23.2 Å². The van der Waals surface area contributed by atoms with Crippen LogP contribution in [-0.4, -0.2) is 62.3 Å². The third kappa shape index (κ3) is 10.9. The van der Waals surface area contributed by atoms with Crippen molar-refractivity contribution < 1.29 is 38.1 Å². The van der Waals surface area contributed by atoms with Crippen molar-refractivity contribution in [2.45, 2.75) is 90.5 Å². The van der Waals surface area contributed by atoms with Gasteiger partial charge in [0.25, 0.3) is 0 Å². The molecule has 51 heavy (non-hydrogen) atoms. The smallest absolute Gasteiger partial charge is 0.347 e. The Balaban J connectivity index is 1.65. The number of ether oxygens (including phenoxy) is 4. The van der Waals surface area contributed by atoms with Crippen LogP contribution in [0.4, 0.5) is 0 Å². The topological polar surface area (TPSA) is 129 Å². The lowest BCUT2D eigenvalue weighted by atomic mass is 9.80. The van der Waals surface area contributed by atoms with Crippen LogP contribution in [0.3, 0.4) is 0 Å². The van der Waals surface area contributed by atoms with E-state index in [1.807, 2.05) is 45.0 Å².